The van der Waals surface area contributed by atoms with E-state index in [9.17, 15) is 0 Å². The lowest BCUT2D eigenvalue weighted by molar-refractivity contribution is 0.297. The molecular formula is C13H13BrN2O2. The van der Waals surface area contributed by atoms with Crippen LogP contribution in [0.5, 0.6) is 11.5 Å². The van der Waals surface area contributed by atoms with Gasteiger partial charge in [-0.1, -0.05) is 0 Å². The van der Waals surface area contributed by atoms with E-state index >= 15 is 0 Å². The number of nitrogens with one attached hydrogen (secondary N) is 1. The molecule has 5 heteroatoms. The molecule has 0 spiro atoms. The van der Waals surface area contributed by atoms with Gasteiger partial charge in [0.15, 0.2) is 11.5 Å². The largest absolute Gasteiger partial charge is 0.490 e. The third kappa shape index (κ3) is 2.10. The number of H-pyrrole nitrogens is 1. The molecule has 0 aliphatic carbocycles. The molecule has 0 saturated heterocycles. The molecule has 1 aliphatic heterocycles. The molecule has 1 N–H and O–H groups in total. The summed E-state index contributed by atoms with van der Waals surface area (Å²) in [6, 6.07) is 5.90. The summed E-state index contributed by atoms with van der Waals surface area (Å²) in [4.78, 5) is 7.59. The normalized spacial score (nSPS) is 14.3. The maximum Gasteiger partial charge on any atom is 0.161 e. The number of aromatic amines is 1. The lowest BCUT2D eigenvalue weighted by Crippen LogP contribution is -1.97. The zero-order valence-electron chi connectivity index (χ0n) is 10.00. The number of nitrogens with zero attached hydrogens (tertiary/aromatic N) is 1. The summed E-state index contributed by atoms with van der Waals surface area (Å²) in [5.41, 5.74) is 1.90. The Morgan fingerprint density at radius 1 is 1.22 bits per heavy atom. The maximum atomic E-state index is 5.68. The van der Waals surface area contributed by atoms with Crippen LogP contribution in [0.2, 0.25) is 0 Å². The Morgan fingerprint density at radius 3 is 2.72 bits per heavy atom. The van der Waals surface area contributed by atoms with Crippen LogP contribution in [-0.4, -0.2) is 23.2 Å². The number of imidazole rings is 1. The third-order valence-corrected chi connectivity index (χ3v) is 3.37. The van der Waals surface area contributed by atoms with Crippen molar-refractivity contribution in [2.45, 2.75) is 13.3 Å². The number of halogens is 1. The monoisotopic (exact) mass is 308 g/mol. The molecule has 18 heavy (non-hydrogen) atoms. The number of rotatable bonds is 1. The number of hydrogen-bond donors (Lipinski definition) is 1. The second-order valence-corrected chi connectivity index (χ2v) is 4.99. The van der Waals surface area contributed by atoms with Gasteiger partial charge in [-0.2, -0.15) is 0 Å². The summed E-state index contributed by atoms with van der Waals surface area (Å²) in [6.45, 7) is 3.33. The second-order valence-electron chi connectivity index (χ2n) is 4.20. The van der Waals surface area contributed by atoms with Gasteiger partial charge in [0.2, 0.25) is 0 Å². The highest BCUT2D eigenvalue weighted by Gasteiger charge is 2.14. The van der Waals surface area contributed by atoms with Gasteiger partial charge in [0.25, 0.3) is 0 Å². The molecule has 94 valence electrons. The van der Waals surface area contributed by atoms with Gasteiger partial charge in [-0.25, -0.2) is 4.98 Å². The number of ether oxygens (including phenoxy) is 2. The minimum absolute atomic E-state index is 0.692. The molecular weight excluding hydrogens is 296 g/mol. The molecule has 2 heterocycles. The van der Waals surface area contributed by atoms with Crippen molar-refractivity contribution in [2.75, 3.05) is 13.2 Å². The Morgan fingerprint density at radius 2 is 2.00 bits per heavy atom. The van der Waals surface area contributed by atoms with Crippen molar-refractivity contribution in [3.63, 3.8) is 0 Å². The number of benzene rings is 1. The fourth-order valence-corrected chi connectivity index (χ4v) is 2.57. The van der Waals surface area contributed by atoms with Gasteiger partial charge in [0.05, 0.1) is 13.2 Å². The van der Waals surface area contributed by atoms with Crippen LogP contribution >= 0.6 is 15.9 Å². The van der Waals surface area contributed by atoms with Crippen LogP contribution in [0, 0.1) is 6.92 Å². The summed E-state index contributed by atoms with van der Waals surface area (Å²) < 4.78 is 12.2. The topological polar surface area (TPSA) is 47.1 Å². The van der Waals surface area contributed by atoms with E-state index in [0.717, 1.165) is 39.6 Å². The predicted octanol–water partition coefficient (Wildman–Crippen LogP) is 3.31. The van der Waals surface area contributed by atoms with Gasteiger partial charge in [-0.3, -0.25) is 0 Å². The van der Waals surface area contributed by atoms with E-state index < -0.39 is 0 Å². The molecule has 2 aromatic rings. The van der Waals surface area contributed by atoms with Crippen LogP contribution in [0.3, 0.4) is 0 Å². The predicted molar refractivity (Wildman–Crippen MR) is 72.1 cm³/mol. The van der Waals surface area contributed by atoms with Crippen LogP contribution in [-0.2, 0) is 0 Å². The Labute approximate surface area is 113 Å². The molecule has 1 aromatic carbocycles. The van der Waals surface area contributed by atoms with Crippen molar-refractivity contribution in [3.05, 3.63) is 28.6 Å². The van der Waals surface area contributed by atoms with Crippen molar-refractivity contribution in [2.24, 2.45) is 0 Å². The second kappa shape index (κ2) is 4.65. The zero-order valence-corrected chi connectivity index (χ0v) is 11.6. The van der Waals surface area contributed by atoms with Crippen molar-refractivity contribution in [1.29, 1.82) is 0 Å². The van der Waals surface area contributed by atoms with E-state index in [-0.39, 0.29) is 0 Å². The molecule has 0 amide bonds. The van der Waals surface area contributed by atoms with Crippen molar-refractivity contribution in [1.82, 2.24) is 9.97 Å². The van der Waals surface area contributed by atoms with E-state index in [0.29, 0.717) is 13.2 Å². The number of hydrogen-bond acceptors (Lipinski definition) is 3. The highest BCUT2D eigenvalue weighted by atomic mass is 79.9. The van der Waals surface area contributed by atoms with E-state index in [1.807, 2.05) is 25.1 Å². The van der Waals surface area contributed by atoms with Gasteiger partial charge >= 0.3 is 0 Å². The SMILES string of the molecule is Cc1nc(-c2ccc3c(c2)OCCCO3)c(Br)[nH]1. The number of aromatic nitrogens is 2. The summed E-state index contributed by atoms with van der Waals surface area (Å²) in [7, 11) is 0. The highest BCUT2D eigenvalue weighted by Crippen LogP contribution is 2.35. The quantitative estimate of drug-likeness (QED) is 0.879. The summed E-state index contributed by atoms with van der Waals surface area (Å²) in [6.07, 6.45) is 0.912. The van der Waals surface area contributed by atoms with Gasteiger partial charge in [-0.05, 0) is 41.1 Å². The first kappa shape index (κ1) is 11.6. The van der Waals surface area contributed by atoms with Gasteiger partial charge in [0.1, 0.15) is 16.1 Å². The molecule has 0 atom stereocenters. The van der Waals surface area contributed by atoms with Gasteiger partial charge in [0, 0.05) is 12.0 Å². The molecule has 0 unspecified atom stereocenters. The Kier molecular flexibility index (Phi) is 2.99. The fourth-order valence-electron chi connectivity index (χ4n) is 1.96. The number of aryl methyl sites for hydroxylation is 1. The molecule has 0 fully saturated rings. The molecule has 3 rings (SSSR count). The summed E-state index contributed by atoms with van der Waals surface area (Å²) in [5.74, 6) is 2.47. The standard InChI is InChI=1S/C13H13BrN2O2/c1-8-15-12(13(14)16-8)9-3-4-10-11(7-9)18-6-2-5-17-10/h3-4,7H,2,5-6H2,1H3,(H,15,16). The Bertz CT molecular complexity index is 580. The smallest absolute Gasteiger partial charge is 0.161 e. The van der Waals surface area contributed by atoms with Crippen LogP contribution in [0.15, 0.2) is 22.8 Å². The van der Waals surface area contributed by atoms with Crippen LogP contribution in [0.25, 0.3) is 11.3 Å². The highest BCUT2D eigenvalue weighted by molar-refractivity contribution is 9.10. The van der Waals surface area contributed by atoms with E-state index in [1.54, 1.807) is 0 Å². The Hall–Kier alpha value is -1.49. The molecule has 0 radical (unpaired) electrons. The lowest BCUT2D eigenvalue weighted by Gasteiger charge is -2.08. The third-order valence-electron chi connectivity index (χ3n) is 2.80. The number of fused-ring (bicyclic) bond motifs is 1. The molecule has 0 saturated carbocycles. The fraction of sp³-hybridized carbons (Fsp3) is 0.308. The van der Waals surface area contributed by atoms with Crippen LogP contribution in [0.1, 0.15) is 12.2 Å². The molecule has 1 aromatic heterocycles. The Balaban J connectivity index is 2.04. The zero-order chi connectivity index (χ0) is 12.5. The minimum Gasteiger partial charge on any atom is -0.490 e. The lowest BCUT2D eigenvalue weighted by atomic mass is 10.1. The maximum absolute atomic E-state index is 5.68. The summed E-state index contributed by atoms with van der Waals surface area (Å²) >= 11 is 3.48. The average Bonchev–Trinajstić information content (AvgIpc) is 2.58. The van der Waals surface area contributed by atoms with Crippen LogP contribution < -0.4 is 9.47 Å². The van der Waals surface area contributed by atoms with E-state index in [1.165, 1.54) is 0 Å². The van der Waals surface area contributed by atoms with Gasteiger partial charge in [-0.15, -0.1) is 0 Å². The first-order chi connectivity index (χ1) is 8.74. The van der Waals surface area contributed by atoms with Gasteiger partial charge < -0.3 is 14.5 Å². The molecule has 1 aliphatic rings. The molecule has 0 bridgehead atoms. The van der Waals surface area contributed by atoms with E-state index in [2.05, 4.69) is 25.9 Å². The first-order valence-electron chi connectivity index (χ1n) is 5.86. The molecule has 4 nitrogen and oxygen atoms in total. The van der Waals surface area contributed by atoms with Crippen molar-refractivity contribution >= 4 is 15.9 Å². The first-order valence-corrected chi connectivity index (χ1v) is 6.65. The summed E-state index contributed by atoms with van der Waals surface area (Å²) in [5, 5.41) is 0. The minimum atomic E-state index is 0.692. The van der Waals surface area contributed by atoms with Crippen LogP contribution in [0.4, 0.5) is 0 Å². The van der Waals surface area contributed by atoms with Crippen molar-refractivity contribution < 1.29 is 9.47 Å². The average molecular weight is 309 g/mol. The van der Waals surface area contributed by atoms with Crippen molar-refractivity contribution in [3.8, 4) is 22.8 Å². The van der Waals surface area contributed by atoms with E-state index in [4.69, 9.17) is 9.47 Å².